The Hall–Kier alpha value is -2.47. The summed E-state index contributed by atoms with van der Waals surface area (Å²) in [6.45, 7) is 6.50. The van der Waals surface area contributed by atoms with E-state index >= 15 is 0 Å². The van der Waals surface area contributed by atoms with Crippen LogP contribution in [0.1, 0.15) is 35.3 Å². The Morgan fingerprint density at radius 1 is 1.00 bits per heavy atom. The number of rotatable bonds is 10. The van der Waals surface area contributed by atoms with Crippen LogP contribution in [-0.4, -0.2) is 36.8 Å². The van der Waals surface area contributed by atoms with Gasteiger partial charge in [0.2, 0.25) is 5.91 Å². The Bertz CT molecular complexity index is 758. The predicted octanol–water partition coefficient (Wildman–Crippen LogP) is 3.56. The Morgan fingerprint density at radius 3 is 2.32 bits per heavy atom. The summed E-state index contributed by atoms with van der Waals surface area (Å²) in [5, 5.41) is 5.45. The third kappa shape index (κ3) is 8.05. The van der Waals surface area contributed by atoms with E-state index in [0.29, 0.717) is 17.9 Å². The third-order valence-electron chi connectivity index (χ3n) is 3.86. The summed E-state index contributed by atoms with van der Waals surface area (Å²) in [6, 6.07) is 15.3. The predicted molar refractivity (Wildman–Crippen MR) is 115 cm³/mol. The van der Waals surface area contributed by atoms with Gasteiger partial charge in [0.1, 0.15) is 5.75 Å². The van der Waals surface area contributed by atoms with E-state index in [0.717, 1.165) is 11.5 Å². The number of hydrogen-bond donors (Lipinski definition) is 2. The molecule has 0 saturated carbocycles. The molecule has 0 aliphatic rings. The van der Waals surface area contributed by atoms with Crippen molar-refractivity contribution < 1.29 is 14.3 Å². The van der Waals surface area contributed by atoms with Gasteiger partial charge in [0, 0.05) is 23.6 Å². The maximum Gasteiger partial charge on any atom is 0.251 e. The summed E-state index contributed by atoms with van der Waals surface area (Å²) in [5.74, 6) is 1.99. The largest absolute Gasteiger partial charge is 0.491 e. The molecule has 2 aromatic rings. The average Bonchev–Trinajstić information content (AvgIpc) is 2.67. The van der Waals surface area contributed by atoms with E-state index in [2.05, 4.69) is 41.8 Å². The van der Waals surface area contributed by atoms with E-state index in [1.165, 1.54) is 11.1 Å². The lowest BCUT2D eigenvalue weighted by Gasteiger charge is -2.10. The molecule has 0 aliphatic carbocycles. The van der Waals surface area contributed by atoms with Crippen molar-refractivity contribution in [3.8, 4) is 5.75 Å². The van der Waals surface area contributed by atoms with Crippen LogP contribution < -0.4 is 15.4 Å². The zero-order chi connectivity index (χ0) is 20.4. The topological polar surface area (TPSA) is 67.4 Å². The highest BCUT2D eigenvalue weighted by Gasteiger charge is 2.08. The van der Waals surface area contributed by atoms with Crippen LogP contribution in [0.4, 0.5) is 0 Å². The lowest BCUT2D eigenvalue weighted by atomic mass is 10.2. The van der Waals surface area contributed by atoms with Gasteiger partial charge in [-0.1, -0.05) is 29.8 Å². The monoisotopic (exact) mass is 400 g/mol. The van der Waals surface area contributed by atoms with E-state index in [4.69, 9.17) is 4.74 Å². The molecule has 0 aliphatic heterocycles. The minimum Gasteiger partial charge on any atom is -0.491 e. The standard InChI is InChI=1S/C22H28N2O3S/c1-16(2)27-20-10-8-19(9-11-20)22(26)24-14-21(25)23-12-13-28-15-18-6-4-17(3)5-7-18/h4-11,16H,12-15H2,1-3H3,(H,23,25)(H,24,26). The summed E-state index contributed by atoms with van der Waals surface area (Å²) in [5.41, 5.74) is 3.03. The summed E-state index contributed by atoms with van der Waals surface area (Å²) >= 11 is 1.77. The van der Waals surface area contributed by atoms with Gasteiger partial charge in [0.05, 0.1) is 12.6 Å². The molecule has 2 aromatic carbocycles. The fourth-order valence-electron chi connectivity index (χ4n) is 2.42. The molecule has 0 radical (unpaired) electrons. The molecule has 0 unspecified atom stereocenters. The molecule has 5 nitrogen and oxygen atoms in total. The highest BCUT2D eigenvalue weighted by atomic mass is 32.2. The summed E-state index contributed by atoms with van der Waals surface area (Å²) in [7, 11) is 0. The van der Waals surface area contributed by atoms with Crippen molar-refractivity contribution in [2.24, 2.45) is 0 Å². The summed E-state index contributed by atoms with van der Waals surface area (Å²) in [4.78, 5) is 24.0. The number of ether oxygens (including phenoxy) is 1. The molecular formula is C22H28N2O3S. The first-order chi connectivity index (χ1) is 13.4. The van der Waals surface area contributed by atoms with E-state index in [-0.39, 0.29) is 24.5 Å². The molecule has 6 heteroatoms. The van der Waals surface area contributed by atoms with Gasteiger partial charge in [0.15, 0.2) is 0 Å². The number of aryl methyl sites for hydroxylation is 1. The van der Waals surface area contributed by atoms with Crippen LogP contribution in [0, 0.1) is 6.92 Å². The van der Waals surface area contributed by atoms with Crippen LogP contribution in [0.25, 0.3) is 0 Å². The first kappa shape index (κ1) is 21.8. The van der Waals surface area contributed by atoms with Gasteiger partial charge >= 0.3 is 0 Å². The number of hydrogen-bond acceptors (Lipinski definition) is 4. The SMILES string of the molecule is Cc1ccc(CSCCNC(=O)CNC(=O)c2ccc(OC(C)C)cc2)cc1. The first-order valence-electron chi connectivity index (χ1n) is 9.39. The van der Waals surface area contributed by atoms with Crippen LogP contribution >= 0.6 is 11.8 Å². The molecule has 0 heterocycles. The Balaban J connectivity index is 1.61. The van der Waals surface area contributed by atoms with Crippen molar-refractivity contribution in [3.05, 3.63) is 65.2 Å². The lowest BCUT2D eigenvalue weighted by molar-refractivity contribution is -0.120. The number of carbonyl (C=O) groups is 2. The molecule has 0 spiro atoms. The molecule has 2 amide bonds. The second-order valence-electron chi connectivity index (χ2n) is 6.76. The minimum atomic E-state index is -0.278. The number of thioether (sulfide) groups is 1. The Kier molecular flexibility index (Phi) is 8.88. The number of nitrogens with one attached hydrogen (secondary N) is 2. The summed E-state index contributed by atoms with van der Waals surface area (Å²) < 4.78 is 5.55. The molecule has 2 N–H and O–H groups in total. The van der Waals surface area contributed by atoms with Crippen LogP contribution in [0.2, 0.25) is 0 Å². The molecule has 0 atom stereocenters. The van der Waals surface area contributed by atoms with Crippen molar-refractivity contribution in [1.82, 2.24) is 10.6 Å². The molecule has 28 heavy (non-hydrogen) atoms. The molecule has 0 fully saturated rings. The maximum atomic E-state index is 12.1. The fourth-order valence-corrected chi connectivity index (χ4v) is 3.24. The van der Waals surface area contributed by atoms with Crippen LogP contribution in [0.3, 0.4) is 0 Å². The van der Waals surface area contributed by atoms with E-state index < -0.39 is 0 Å². The van der Waals surface area contributed by atoms with Crippen LogP contribution in [0.5, 0.6) is 5.75 Å². The zero-order valence-corrected chi connectivity index (χ0v) is 17.5. The van der Waals surface area contributed by atoms with Crippen molar-refractivity contribution in [1.29, 1.82) is 0 Å². The normalized spacial score (nSPS) is 10.6. The second kappa shape index (κ2) is 11.4. The van der Waals surface area contributed by atoms with Crippen molar-refractivity contribution in [3.63, 3.8) is 0 Å². The van der Waals surface area contributed by atoms with Crippen LogP contribution in [0.15, 0.2) is 48.5 Å². The van der Waals surface area contributed by atoms with E-state index in [1.54, 1.807) is 36.0 Å². The van der Waals surface area contributed by atoms with Gasteiger partial charge in [-0.3, -0.25) is 9.59 Å². The molecule has 2 rings (SSSR count). The number of benzene rings is 2. The molecular weight excluding hydrogens is 372 g/mol. The van der Waals surface area contributed by atoms with E-state index in [1.807, 2.05) is 13.8 Å². The van der Waals surface area contributed by atoms with Gasteiger partial charge < -0.3 is 15.4 Å². The first-order valence-corrected chi connectivity index (χ1v) is 10.5. The number of carbonyl (C=O) groups excluding carboxylic acids is 2. The second-order valence-corrected chi connectivity index (χ2v) is 7.87. The highest BCUT2D eigenvalue weighted by Crippen LogP contribution is 2.14. The average molecular weight is 401 g/mol. The van der Waals surface area contributed by atoms with Gasteiger partial charge in [0.25, 0.3) is 5.91 Å². The highest BCUT2D eigenvalue weighted by molar-refractivity contribution is 7.98. The third-order valence-corrected chi connectivity index (χ3v) is 4.89. The maximum absolute atomic E-state index is 12.1. The minimum absolute atomic E-state index is 0.0360. The van der Waals surface area contributed by atoms with Crippen LogP contribution in [-0.2, 0) is 10.5 Å². The van der Waals surface area contributed by atoms with Crippen molar-refractivity contribution in [2.75, 3.05) is 18.8 Å². The van der Waals surface area contributed by atoms with Gasteiger partial charge in [-0.15, -0.1) is 0 Å². The van der Waals surface area contributed by atoms with Gasteiger partial charge in [-0.2, -0.15) is 11.8 Å². The molecule has 150 valence electrons. The zero-order valence-electron chi connectivity index (χ0n) is 16.7. The lowest BCUT2D eigenvalue weighted by Crippen LogP contribution is -2.37. The van der Waals surface area contributed by atoms with Gasteiger partial charge in [-0.25, -0.2) is 0 Å². The molecule has 0 saturated heterocycles. The smallest absolute Gasteiger partial charge is 0.251 e. The molecule has 0 bridgehead atoms. The fraction of sp³-hybridized carbons (Fsp3) is 0.364. The summed E-state index contributed by atoms with van der Waals surface area (Å²) in [6.07, 6.45) is 0.0819. The van der Waals surface area contributed by atoms with Crippen molar-refractivity contribution in [2.45, 2.75) is 32.6 Å². The van der Waals surface area contributed by atoms with E-state index in [9.17, 15) is 9.59 Å². The Labute approximate surface area is 171 Å². The Morgan fingerprint density at radius 2 is 1.68 bits per heavy atom. The number of amides is 2. The van der Waals surface area contributed by atoms with Gasteiger partial charge in [-0.05, 0) is 50.6 Å². The quantitative estimate of drug-likeness (QED) is 0.599. The van der Waals surface area contributed by atoms with Crippen molar-refractivity contribution >= 4 is 23.6 Å². The molecule has 0 aromatic heterocycles.